The van der Waals surface area contributed by atoms with Crippen LogP contribution in [0.1, 0.15) is 58.4 Å². The van der Waals surface area contributed by atoms with E-state index < -0.39 is 22.3 Å². The SMILES string of the molecule is COC(=O)CC[C@H]1[C@]2(C)C3=C(C)[C@H](c4ccoc4)C[C@H]3O[C@@H]2[C@@H]2OC(=O)[C@]3(C)C=CC(=O)[C@@]1(C)[C@@H]23. The number of ketones is 1. The lowest BCUT2D eigenvalue weighted by Gasteiger charge is -2.59. The number of carbonyl (C=O) groups is 3. The highest BCUT2D eigenvalue weighted by Gasteiger charge is 2.77. The first kappa shape index (κ1) is 22.8. The third-order valence-electron chi connectivity index (χ3n) is 10.2. The Morgan fingerprint density at radius 1 is 1.20 bits per heavy atom. The molecule has 6 rings (SSSR count). The number of carbonyl (C=O) groups excluding carboxylic acids is 3. The fourth-order valence-electron chi connectivity index (χ4n) is 8.70. The summed E-state index contributed by atoms with van der Waals surface area (Å²) in [5, 5.41) is 0. The second-order valence-electron chi connectivity index (χ2n) is 11.5. The Labute approximate surface area is 204 Å². The average Bonchev–Trinajstić information content (AvgIpc) is 3.57. The van der Waals surface area contributed by atoms with Crippen LogP contribution in [0.3, 0.4) is 0 Å². The summed E-state index contributed by atoms with van der Waals surface area (Å²) < 4.78 is 23.2. The highest BCUT2D eigenvalue weighted by Crippen LogP contribution is 2.72. The molecule has 0 unspecified atom stereocenters. The van der Waals surface area contributed by atoms with Crippen LogP contribution in [0.4, 0.5) is 0 Å². The smallest absolute Gasteiger partial charge is 0.316 e. The molecule has 186 valence electrons. The minimum atomic E-state index is -0.901. The summed E-state index contributed by atoms with van der Waals surface area (Å²) in [6.45, 7) is 8.15. The molecule has 1 aromatic heterocycles. The lowest BCUT2D eigenvalue weighted by molar-refractivity contribution is -0.187. The third kappa shape index (κ3) is 2.62. The average molecular weight is 481 g/mol. The van der Waals surface area contributed by atoms with E-state index in [9.17, 15) is 14.4 Å². The number of fused-ring (bicyclic) bond motifs is 4. The fourth-order valence-corrected chi connectivity index (χ4v) is 8.70. The summed E-state index contributed by atoms with van der Waals surface area (Å²) in [5.74, 6) is -1.04. The molecule has 0 radical (unpaired) electrons. The zero-order valence-corrected chi connectivity index (χ0v) is 20.8. The number of hydrogen-bond acceptors (Lipinski definition) is 7. The Morgan fingerprint density at radius 2 is 1.97 bits per heavy atom. The van der Waals surface area contributed by atoms with E-state index >= 15 is 0 Å². The molecule has 9 atom stereocenters. The normalized spacial score (nSPS) is 45.3. The quantitative estimate of drug-likeness (QED) is 0.473. The minimum Gasteiger partial charge on any atom is -0.472 e. The van der Waals surface area contributed by atoms with Crippen molar-refractivity contribution in [1.29, 1.82) is 0 Å². The number of hydrogen-bond donors (Lipinski definition) is 0. The van der Waals surface area contributed by atoms with E-state index in [0.717, 1.165) is 12.0 Å². The number of rotatable bonds is 4. The Morgan fingerprint density at radius 3 is 2.66 bits per heavy atom. The summed E-state index contributed by atoms with van der Waals surface area (Å²) in [4.78, 5) is 39.3. The number of furan rings is 1. The molecule has 35 heavy (non-hydrogen) atoms. The molecule has 0 amide bonds. The van der Waals surface area contributed by atoms with E-state index in [1.54, 1.807) is 24.7 Å². The first-order valence-electron chi connectivity index (χ1n) is 12.5. The van der Waals surface area contributed by atoms with E-state index in [0.29, 0.717) is 6.42 Å². The second kappa shape index (κ2) is 7.19. The molecule has 3 fully saturated rings. The van der Waals surface area contributed by atoms with Gasteiger partial charge in [-0.3, -0.25) is 14.4 Å². The maximum atomic E-state index is 13.8. The molecule has 2 aliphatic heterocycles. The van der Waals surface area contributed by atoms with E-state index in [-0.39, 0.29) is 54.1 Å². The molecule has 5 aliphatic rings. The minimum absolute atomic E-state index is 0.0103. The van der Waals surface area contributed by atoms with Crippen LogP contribution in [-0.4, -0.2) is 43.1 Å². The number of ether oxygens (including phenoxy) is 3. The molecular formula is C28H32O7. The van der Waals surface area contributed by atoms with Gasteiger partial charge in [-0.25, -0.2) is 0 Å². The van der Waals surface area contributed by atoms with Crippen LogP contribution in [0, 0.1) is 28.1 Å². The topological polar surface area (TPSA) is 92.0 Å². The summed E-state index contributed by atoms with van der Waals surface area (Å²) in [6.07, 6.45) is 7.15. The van der Waals surface area contributed by atoms with Gasteiger partial charge in [0.15, 0.2) is 5.78 Å². The monoisotopic (exact) mass is 480 g/mol. The zero-order chi connectivity index (χ0) is 24.9. The molecule has 3 heterocycles. The summed E-state index contributed by atoms with van der Waals surface area (Å²) >= 11 is 0. The standard InChI is InChI=1S/C28H32O7/c1-14-16(15-9-11-33-13-15)12-17-21(14)28(4)18(6-7-20(30)32-5)27(3)19(29)8-10-26(2)23(27)22(24(28)34-17)35-25(26)31/h8-11,13,16-18,22-24H,6-7,12H2,1-5H3/t16-,17-,18-,22-,23+,24-,26-,27+,28-/m1/s1. The van der Waals surface area contributed by atoms with E-state index in [1.807, 2.05) is 19.9 Å². The lowest BCUT2D eigenvalue weighted by Crippen LogP contribution is -2.65. The predicted molar refractivity (Wildman–Crippen MR) is 124 cm³/mol. The highest BCUT2D eigenvalue weighted by molar-refractivity contribution is 6.00. The predicted octanol–water partition coefficient (Wildman–Crippen LogP) is 4.13. The number of esters is 2. The maximum absolute atomic E-state index is 13.8. The number of allylic oxidation sites excluding steroid dienone is 2. The fraction of sp³-hybridized carbons (Fsp3) is 0.607. The van der Waals surface area contributed by atoms with E-state index in [1.165, 1.54) is 18.3 Å². The van der Waals surface area contributed by atoms with Crippen LogP contribution in [-0.2, 0) is 28.6 Å². The van der Waals surface area contributed by atoms with Gasteiger partial charge in [0.25, 0.3) is 0 Å². The van der Waals surface area contributed by atoms with Crippen molar-refractivity contribution in [1.82, 2.24) is 0 Å². The van der Waals surface area contributed by atoms with Crippen molar-refractivity contribution in [2.24, 2.45) is 28.1 Å². The first-order chi connectivity index (χ1) is 16.6. The number of methoxy groups -OCH3 is 1. The zero-order valence-electron chi connectivity index (χ0n) is 20.8. The van der Waals surface area contributed by atoms with Gasteiger partial charge in [0.2, 0.25) is 0 Å². The summed E-state index contributed by atoms with van der Waals surface area (Å²) in [6, 6.07) is 1.99. The van der Waals surface area contributed by atoms with Crippen molar-refractivity contribution in [3.05, 3.63) is 47.5 Å². The van der Waals surface area contributed by atoms with Crippen LogP contribution in [0.2, 0.25) is 0 Å². The van der Waals surface area contributed by atoms with Gasteiger partial charge in [0.05, 0.1) is 31.2 Å². The van der Waals surface area contributed by atoms with Crippen molar-refractivity contribution < 1.29 is 33.0 Å². The van der Waals surface area contributed by atoms with Crippen molar-refractivity contribution in [3.8, 4) is 0 Å². The molecule has 0 spiro atoms. The summed E-state index contributed by atoms with van der Waals surface area (Å²) in [7, 11) is 1.38. The Kier molecular flexibility index (Phi) is 4.68. The molecular weight excluding hydrogens is 448 g/mol. The molecule has 0 aromatic carbocycles. The Hall–Kier alpha value is -2.67. The van der Waals surface area contributed by atoms with Crippen molar-refractivity contribution in [2.75, 3.05) is 7.11 Å². The first-order valence-corrected chi connectivity index (χ1v) is 12.5. The molecule has 1 saturated carbocycles. The molecule has 0 bridgehead atoms. The van der Waals surface area contributed by atoms with Crippen molar-refractivity contribution in [3.63, 3.8) is 0 Å². The van der Waals surface area contributed by atoms with Gasteiger partial charge in [-0.15, -0.1) is 0 Å². The van der Waals surface area contributed by atoms with Gasteiger partial charge in [0, 0.05) is 29.1 Å². The summed E-state index contributed by atoms with van der Waals surface area (Å²) in [5.41, 5.74) is 1.15. The molecule has 3 aliphatic carbocycles. The third-order valence-corrected chi connectivity index (χ3v) is 10.2. The molecule has 1 aromatic rings. The van der Waals surface area contributed by atoms with Crippen LogP contribution < -0.4 is 0 Å². The van der Waals surface area contributed by atoms with Gasteiger partial charge in [-0.05, 0) is 55.9 Å². The van der Waals surface area contributed by atoms with Crippen molar-refractivity contribution >= 4 is 17.7 Å². The van der Waals surface area contributed by atoms with E-state index in [4.69, 9.17) is 18.6 Å². The van der Waals surface area contributed by atoms with Gasteiger partial charge < -0.3 is 18.6 Å². The highest BCUT2D eigenvalue weighted by atomic mass is 16.6. The Bertz CT molecular complexity index is 1180. The van der Waals surface area contributed by atoms with Gasteiger partial charge >= 0.3 is 11.9 Å². The van der Waals surface area contributed by atoms with Crippen LogP contribution in [0.15, 0.2) is 46.3 Å². The van der Waals surface area contributed by atoms with Gasteiger partial charge in [-0.2, -0.15) is 0 Å². The van der Waals surface area contributed by atoms with Gasteiger partial charge in [-0.1, -0.05) is 25.5 Å². The lowest BCUT2D eigenvalue weighted by atomic mass is 9.42. The molecule has 7 heteroatoms. The van der Waals surface area contributed by atoms with Crippen molar-refractivity contribution in [2.45, 2.75) is 71.2 Å². The van der Waals surface area contributed by atoms with Crippen LogP contribution in [0.25, 0.3) is 0 Å². The Balaban J connectivity index is 1.54. The molecule has 0 N–H and O–H groups in total. The van der Waals surface area contributed by atoms with E-state index in [2.05, 4.69) is 13.8 Å². The van der Waals surface area contributed by atoms with Crippen LogP contribution in [0.5, 0.6) is 0 Å². The second-order valence-corrected chi connectivity index (χ2v) is 11.5. The maximum Gasteiger partial charge on any atom is 0.316 e. The molecule has 7 nitrogen and oxygen atoms in total. The van der Waals surface area contributed by atoms with Crippen LogP contribution >= 0.6 is 0 Å². The van der Waals surface area contributed by atoms with Gasteiger partial charge in [0.1, 0.15) is 12.2 Å². The molecule has 2 saturated heterocycles. The largest absolute Gasteiger partial charge is 0.472 e.